The molecule has 202 valence electrons. The van der Waals surface area contributed by atoms with E-state index in [4.69, 9.17) is 15.5 Å². The molecule has 1 aliphatic heterocycles. The third-order valence-corrected chi connectivity index (χ3v) is 7.10. The molecule has 0 aromatic carbocycles. The van der Waals surface area contributed by atoms with Gasteiger partial charge in [-0.1, -0.05) is 49.3 Å². The monoisotopic (exact) mass is 525 g/mol. The number of anilines is 2. The van der Waals surface area contributed by atoms with Gasteiger partial charge >= 0.3 is 0 Å². The molecule has 1 amide bonds. The number of aromatic nitrogens is 4. The maximum absolute atomic E-state index is 12.9. The van der Waals surface area contributed by atoms with Crippen LogP contribution in [0.2, 0.25) is 0 Å². The SMILES string of the molecule is COC/C=C/CN1CCCCCC1c1nc(C2=CCC=C(C(=O)Nc3ccccn3)C=C2)c2c(N)nccn12. The molecule has 4 heterocycles. The van der Waals surface area contributed by atoms with Crippen molar-refractivity contribution in [3.8, 4) is 0 Å². The zero-order valence-electron chi connectivity index (χ0n) is 22.3. The Hall–Kier alpha value is -4.08. The number of fused-ring (bicyclic) bond motifs is 1. The van der Waals surface area contributed by atoms with E-state index in [1.54, 1.807) is 25.6 Å². The molecule has 39 heavy (non-hydrogen) atoms. The number of hydrogen-bond donors (Lipinski definition) is 2. The highest BCUT2D eigenvalue weighted by Crippen LogP contribution is 2.34. The average Bonchev–Trinajstić information content (AvgIpc) is 3.09. The first-order chi connectivity index (χ1) is 19.2. The molecule has 0 saturated carbocycles. The fourth-order valence-corrected chi connectivity index (χ4v) is 5.17. The average molecular weight is 526 g/mol. The number of hydrogen-bond acceptors (Lipinski definition) is 7. The van der Waals surface area contributed by atoms with Gasteiger partial charge in [0.25, 0.3) is 5.91 Å². The number of ether oxygens (including phenoxy) is 1. The van der Waals surface area contributed by atoms with Crippen LogP contribution in [0.15, 0.2) is 78.8 Å². The van der Waals surface area contributed by atoms with Crippen molar-refractivity contribution in [2.75, 3.05) is 37.9 Å². The van der Waals surface area contributed by atoms with E-state index in [1.165, 1.54) is 6.42 Å². The summed E-state index contributed by atoms with van der Waals surface area (Å²) in [5.74, 6) is 1.72. The second-order valence-electron chi connectivity index (χ2n) is 9.69. The molecule has 9 nitrogen and oxygen atoms in total. The predicted molar refractivity (Wildman–Crippen MR) is 154 cm³/mol. The molecule has 1 saturated heterocycles. The van der Waals surface area contributed by atoms with Crippen LogP contribution in [0.4, 0.5) is 11.6 Å². The van der Waals surface area contributed by atoms with Gasteiger partial charge in [-0.2, -0.15) is 0 Å². The first kappa shape index (κ1) is 26.5. The van der Waals surface area contributed by atoms with Gasteiger partial charge in [0.05, 0.1) is 18.3 Å². The van der Waals surface area contributed by atoms with Crippen molar-refractivity contribution in [3.63, 3.8) is 0 Å². The van der Waals surface area contributed by atoms with Gasteiger partial charge in [-0.25, -0.2) is 15.0 Å². The molecule has 0 radical (unpaired) electrons. The molecule has 3 aromatic rings. The van der Waals surface area contributed by atoms with Gasteiger partial charge in [0, 0.05) is 37.8 Å². The smallest absolute Gasteiger partial charge is 0.256 e. The predicted octanol–water partition coefficient (Wildman–Crippen LogP) is 4.73. The van der Waals surface area contributed by atoms with Crippen LogP contribution in [0, 0.1) is 0 Å². The molecular formula is C30H35N7O2. The van der Waals surface area contributed by atoms with E-state index in [-0.39, 0.29) is 11.9 Å². The van der Waals surface area contributed by atoms with Crippen LogP contribution in [0.3, 0.4) is 0 Å². The summed E-state index contributed by atoms with van der Waals surface area (Å²) in [4.78, 5) is 29.2. The van der Waals surface area contributed by atoms with Crippen molar-refractivity contribution in [2.45, 2.75) is 38.1 Å². The topological polar surface area (TPSA) is 111 Å². The third-order valence-electron chi connectivity index (χ3n) is 7.10. The molecule has 5 rings (SSSR count). The Morgan fingerprint density at radius 1 is 1.15 bits per heavy atom. The number of allylic oxidation sites excluding steroid dienone is 4. The molecule has 2 aliphatic rings. The van der Waals surface area contributed by atoms with E-state index < -0.39 is 0 Å². The number of carbonyl (C=O) groups is 1. The Balaban J connectivity index is 1.45. The molecule has 1 aliphatic carbocycles. The van der Waals surface area contributed by atoms with Crippen LogP contribution in [0.1, 0.15) is 49.7 Å². The van der Waals surface area contributed by atoms with E-state index >= 15 is 0 Å². The number of pyridine rings is 1. The van der Waals surface area contributed by atoms with Crippen molar-refractivity contribution in [2.24, 2.45) is 0 Å². The van der Waals surface area contributed by atoms with Gasteiger partial charge in [0.2, 0.25) is 0 Å². The van der Waals surface area contributed by atoms with Gasteiger partial charge in [0.1, 0.15) is 23.0 Å². The number of likely N-dealkylation sites (tertiary alicyclic amines) is 1. The van der Waals surface area contributed by atoms with Crippen molar-refractivity contribution in [1.82, 2.24) is 24.3 Å². The van der Waals surface area contributed by atoms with Crippen molar-refractivity contribution >= 4 is 28.6 Å². The summed E-state index contributed by atoms with van der Waals surface area (Å²) in [7, 11) is 1.71. The lowest BCUT2D eigenvalue weighted by Crippen LogP contribution is -2.30. The molecule has 9 heteroatoms. The van der Waals surface area contributed by atoms with Crippen molar-refractivity contribution in [1.29, 1.82) is 0 Å². The number of amides is 1. The number of imidazole rings is 1. The molecule has 1 fully saturated rings. The minimum Gasteiger partial charge on any atom is -0.382 e. The molecule has 1 atom stereocenters. The highest BCUT2D eigenvalue weighted by atomic mass is 16.5. The third kappa shape index (κ3) is 6.16. The fourth-order valence-electron chi connectivity index (χ4n) is 5.17. The lowest BCUT2D eigenvalue weighted by atomic mass is 10.1. The Bertz CT molecular complexity index is 1420. The van der Waals surface area contributed by atoms with E-state index in [2.05, 4.69) is 42.8 Å². The maximum atomic E-state index is 12.9. The van der Waals surface area contributed by atoms with Gasteiger partial charge < -0.3 is 15.8 Å². The summed E-state index contributed by atoms with van der Waals surface area (Å²) in [5.41, 5.74) is 9.50. The second kappa shape index (κ2) is 12.6. The summed E-state index contributed by atoms with van der Waals surface area (Å²) in [6.45, 7) is 2.45. The molecular weight excluding hydrogens is 490 g/mol. The zero-order valence-corrected chi connectivity index (χ0v) is 22.3. The number of nitrogens with zero attached hydrogens (tertiary/aromatic N) is 5. The molecule has 0 bridgehead atoms. The molecule has 1 unspecified atom stereocenters. The van der Waals surface area contributed by atoms with Crippen LogP contribution in [0.5, 0.6) is 0 Å². The van der Waals surface area contributed by atoms with Crippen LogP contribution in [0.25, 0.3) is 11.1 Å². The Kier molecular flexibility index (Phi) is 8.60. The summed E-state index contributed by atoms with van der Waals surface area (Å²) >= 11 is 0. The van der Waals surface area contributed by atoms with Crippen LogP contribution in [-0.4, -0.2) is 57.0 Å². The molecule has 3 N–H and O–H groups in total. The van der Waals surface area contributed by atoms with Crippen LogP contribution >= 0.6 is 0 Å². The first-order valence-electron chi connectivity index (χ1n) is 13.5. The minimum atomic E-state index is -0.202. The van der Waals surface area contributed by atoms with Crippen molar-refractivity contribution in [3.05, 3.63) is 90.3 Å². The highest BCUT2D eigenvalue weighted by molar-refractivity contribution is 6.06. The van der Waals surface area contributed by atoms with Gasteiger partial charge in [-0.05, 0) is 49.6 Å². The summed E-state index contributed by atoms with van der Waals surface area (Å²) in [6, 6.07) is 5.56. The number of nitrogens with two attached hydrogens (primary N) is 1. The zero-order chi connectivity index (χ0) is 27.0. The number of rotatable bonds is 8. The molecule has 3 aromatic heterocycles. The van der Waals surface area contributed by atoms with E-state index in [0.717, 1.165) is 55.0 Å². The standard InChI is InChI=1S/C30H35N7O2/c1-39-21-8-7-19-36-18-6-2-3-12-24(36)29-35-26(27-28(31)33-17-20-37(27)29)22-10-9-11-23(15-14-22)30(38)34-25-13-4-5-16-32-25/h4-5,7-8,10-11,13-17,20,24H,2-3,6,9,12,18-19,21H2,1H3,(H2,31,33)(H,32,34,38)/b8-7+. The van der Waals surface area contributed by atoms with Gasteiger partial charge in [-0.3, -0.25) is 14.1 Å². The van der Waals surface area contributed by atoms with Gasteiger partial charge in [0.15, 0.2) is 0 Å². The lowest BCUT2D eigenvalue weighted by Gasteiger charge is -2.28. The maximum Gasteiger partial charge on any atom is 0.256 e. The van der Waals surface area contributed by atoms with Crippen LogP contribution in [-0.2, 0) is 9.53 Å². The highest BCUT2D eigenvalue weighted by Gasteiger charge is 2.28. The largest absolute Gasteiger partial charge is 0.382 e. The first-order valence-corrected chi connectivity index (χ1v) is 13.5. The Morgan fingerprint density at radius 2 is 2.08 bits per heavy atom. The lowest BCUT2D eigenvalue weighted by molar-refractivity contribution is -0.112. The van der Waals surface area contributed by atoms with Crippen molar-refractivity contribution < 1.29 is 9.53 Å². The summed E-state index contributed by atoms with van der Waals surface area (Å²) in [5, 5.41) is 2.85. The summed E-state index contributed by atoms with van der Waals surface area (Å²) in [6.07, 6.45) is 22.4. The van der Waals surface area contributed by atoms with E-state index in [0.29, 0.717) is 30.2 Å². The van der Waals surface area contributed by atoms with Crippen LogP contribution < -0.4 is 11.1 Å². The van der Waals surface area contributed by atoms with E-state index in [1.807, 2.05) is 36.6 Å². The normalized spacial score (nSPS) is 18.5. The molecule has 0 spiro atoms. The number of methoxy groups -OCH3 is 1. The Morgan fingerprint density at radius 3 is 2.92 bits per heavy atom. The Labute approximate surface area is 228 Å². The number of nitrogen functional groups attached to an aromatic ring is 1. The minimum absolute atomic E-state index is 0.149. The van der Waals surface area contributed by atoms with Gasteiger partial charge in [-0.15, -0.1) is 0 Å². The second-order valence-corrected chi connectivity index (χ2v) is 9.69. The number of carbonyl (C=O) groups excluding carboxylic acids is 1. The number of nitrogens with one attached hydrogen (secondary N) is 1. The van der Waals surface area contributed by atoms with E-state index in [9.17, 15) is 4.79 Å². The summed E-state index contributed by atoms with van der Waals surface area (Å²) < 4.78 is 7.28. The fraction of sp³-hybridized carbons (Fsp3) is 0.333. The quantitative estimate of drug-likeness (QED) is 0.409.